The molecule has 0 spiro atoms. The number of anilines is 2. The Balaban J connectivity index is 1.91. The molecule has 6 heteroatoms. The van der Waals surface area contributed by atoms with E-state index in [-0.39, 0.29) is 5.97 Å². The Morgan fingerprint density at radius 3 is 2.39 bits per heavy atom. The van der Waals surface area contributed by atoms with Crippen LogP contribution in [0.1, 0.15) is 22.2 Å². The van der Waals surface area contributed by atoms with Crippen LogP contribution in [0.4, 0.5) is 11.5 Å². The Labute approximate surface area is 167 Å². The molecule has 0 unspecified atom stereocenters. The van der Waals surface area contributed by atoms with E-state index in [4.69, 9.17) is 14.7 Å². The van der Waals surface area contributed by atoms with Gasteiger partial charge in [0.05, 0.1) is 12.0 Å². The molecule has 0 fully saturated rings. The number of carbonyl (C=O) groups is 1. The number of nitrogens with one attached hydrogen (secondary N) is 1. The number of aromatic nitrogens is 2. The first-order valence-electron chi connectivity index (χ1n) is 9.03. The molecule has 0 aliphatic heterocycles. The average Bonchev–Trinajstić information content (AvgIpc) is 3.06. The molecule has 2 heterocycles. The predicted octanol–water partition coefficient (Wildman–Crippen LogP) is 5.59. The number of ether oxygens (including phenoxy) is 1. The van der Waals surface area contributed by atoms with E-state index < -0.39 is 0 Å². The maximum Gasteiger partial charge on any atom is 0.348 e. The molecule has 4 rings (SSSR count). The molecule has 0 bridgehead atoms. The minimum Gasteiger partial charge on any atom is -0.462 e. The number of hydrogen-bond acceptors (Lipinski definition) is 6. The van der Waals surface area contributed by atoms with Gasteiger partial charge in [-0.2, -0.15) is 0 Å². The number of rotatable bonds is 5. The van der Waals surface area contributed by atoms with Crippen molar-refractivity contribution >= 4 is 39.0 Å². The summed E-state index contributed by atoms with van der Waals surface area (Å²) in [5.41, 5.74) is 2.67. The molecule has 0 radical (unpaired) electrons. The number of nitrogens with zero attached hydrogens (tertiary/aromatic N) is 2. The van der Waals surface area contributed by atoms with Crippen LogP contribution in [0.2, 0.25) is 0 Å². The number of para-hydroxylation sites is 1. The van der Waals surface area contributed by atoms with Crippen LogP contribution >= 0.6 is 11.3 Å². The van der Waals surface area contributed by atoms with Crippen molar-refractivity contribution in [3.05, 3.63) is 71.1 Å². The highest BCUT2D eigenvalue weighted by molar-refractivity contribution is 7.20. The Kier molecular flexibility index (Phi) is 5.04. The van der Waals surface area contributed by atoms with E-state index in [0.717, 1.165) is 27.0 Å². The monoisotopic (exact) mass is 389 g/mol. The van der Waals surface area contributed by atoms with Gasteiger partial charge in [-0.1, -0.05) is 48.5 Å². The Morgan fingerprint density at radius 1 is 1.04 bits per heavy atom. The predicted molar refractivity (Wildman–Crippen MR) is 113 cm³/mol. The molecule has 0 aliphatic rings. The quantitative estimate of drug-likeness (QED) is 0.451. The van der Waals surface area contributed by atoms with E-state index >= 15 is 0 Å². The Hall–Kier alpha value is -3.25. The SMILES string of the molecule is CCOC(=O)c1sc2nc(-c3ccccc3)nc(Nc3ccccc3)c2c1C. The fourth-order valence-corrected chi connectivity index (χ4v) is 4.07. The summed E-state index contributed by atoms with van der Waals surface area (Å²) >= 11 is 1.34. The largest absolute Gasteiger partial charge is 0.462 e. The third-order valence-corrected chi connectivity index (χ3v) is 5.49. The molecular weight excluding hydrogens is 370 g/mol. The minimum atomic E-state index is -0.324. The fourth-order valence-electron chi connectivity index (χ4n) is 3.00. The Morgan fingerprint density at radius 2 is 1.71 bits per heavy atom. The molecular formula is C22H19N3O2S. The normalized spacial score (nSPS) is 10.8. The van der Waals surface area contributed by atoms with E-state index in [1.165, 1.54) is 11.3 Å². The average molecular weight is 389 g/mol. The second kappa shape index (κ2) is 7.78. The van der Waals surface area contributed by atoms with Crippen LogP contribution in [0.5, 0.6) is 0 Å². The molecule has 0 saturated heterocycles. The first-order chi connectivity index (χ1) is 13.7. The van der Waals surface area contributed by atoms with E-state index in [2.05, 4.69) is 5.32 Å². The zero-order valence-electron chi connectivity index (χ0n) is 15.6. The van der Waals surface area contributed by atoms with Crippen LogP contribution in [0, 0.1) is 6.92 Å². The van der Waals surface area contributed by atoms with Crippen molar-refractivity contribution in [2.45, 2.75) is 13.8 Å². The summed E-state index contributed by atoms with van der Waals surface area (Å²) in [7, 11) is 0. The lowest BCUT2D eigenvalue weighted by molar-refractivity contribution is 0.0531. The molecule has 2 aromatic heterocycles. The summed E-state index contributed by atoms with van der Waals surface area (Å²) in [5.74, 6) is 0.970. The van der Waals surface area contributed by atoms with Gasteiger partial charge in [-0.25, -0.2) is 14.8 Å². The smallest absolute Gasteiger partial charge is 0.348 e. The number of fused-ring (bicyclic) bond motifs is 1. The number of benzene rings is 2. The second-order valence-electron chi connectivity index (χ2n) is 6.21. The zero-order valence-corrected chi connectivity index (χ0v) is 16.4. The van der Waals surface area contributed by atoms with Gasteiger partial charge in [-0.05, 0) is 31.5 Å². The van der Waals surface area contributed by atoms with Gasteiger partial charge in [0.1, 0.15) is 15.5 Å². The third-order valence-electron chi connectivity index (χ3n) is 4.32. The molecule has 0 amide bonds. The summed E-state index contributed by atoms with van der Waals surface area (Å²) in [6, 6.07) is 19.7. The van der Waals surface area contributed by atoms with Crippen molar-refractivity contribution in [2.75, 3.05) is 11.9 Å². The van der Waals surface area contributed by atoms with Gasteiger partial charge in [0, 0.05) is 11.3 Å². The van der Waals surface area contributed by atoms with E-state index in [1.54, 1.807) is 6.92 Å². The van der Waals surface area contributed by atoms with Crippen LogP contribution in [-0.2, 0) is 4.74 Å². The molecule has 2 aromatic carbocycles. The first-order valence-corrected chi connectivity index (χ1v) is 9.84. The third kappa shape index (κ3) is 3.46. The zero-order chi connectivity index (χ0) is 19.5. The van der Waals surface area contributed by atoms with Crippen LogP contribution in [-0.4, -0.2) is 22.5 Å². The van der Waals surface area contributed by atoms with Gasteiger partial charge >= 0.3 is 5.97 Å². The lowest BCUT2D eigenvalue weighted by atomic mass is 10.1. The summed E-state index contributed by atoms with van der Waals surface area (Å²) in [4.78, 5) is 23.2. The maximum atomic E-state index is 12.4. The summed E-state index contributed by atoms with van der Waals surface area (Å²) in [5, 5.41) is 4.23. The summed E-state index contributed by atoms with van der Waals surface area (Å²) in [6.45, 7) is 4.05. The van der Waals surface area contributed by atoms with Gasteiger partial charge in [-0.3, -0.25) is 0 Å². The van der Waals surface area contributed by atoms with E-state index in [9.17, 15) is 4.79 Å². The molecule has 0 saturated carbocycles. The van der Waals surface area contributed by atoms with Crippen LogP contribution in [0.25, 0.3) is 21.6 Å². The molecule has 140 valence electrons. The molecule has 1 N–H and O–H groups in total. The summed E-state index contributed by atoms with van der Waals surface area (Å²) in [6.07, 6.45) is 0. The Bertz CT molecular complexity index is 1120. The van der Waals surface area contributed by atoms with Gasteiger partial charge in [0.15, 0.2) is 5.82 Å². The minimum absolute atomic E-state index is 0.324. The van der Waals surface area contributed by atoms with E-state index in [0.29, 0.717) is 23.1 Å². The molecule has 0 atom stereocenters. The van der Waals surface area contributed by atoms with Crippen LogP contribution in [0.15, 0.2) is 60.7 Å². The lowest BCUT2D eigenvalue weighted by Crippen LogP contribution is -2.03. The second-order valence-corrected chi connectivity index (χ2v) is 7.21. The number of thiophene rings is 1. The van der Waals surface area contributed by atoms with Crippen molar-refractivity contribution in [1.29, 1.82) is 0 Å². The standard InChI is InChI=1S/C22H19N3O2S/c1-3-27-22(26)18-14(2)17-20(23-16-12-8-5-9-13-16)24-19(25-21(17)28-18)15-10-6-4-7-11-15/h4-13H,3H2,1-2H3,(H,23,24,25). The van der Waals surface area contributed by atoms with Crippen LogP contribution < -0.4 is 5.32 Å². The highest BCUT2D eigenvalue weighted by Gasteiger charge is 2.22. The molecule has 5 nitrogen and oxygen atoms in total. The lowest BCUT2D eigenvalue weighted by Gasteiger charge is -2.10. The highest BCUT2D eigenvalue weighted by atomic mass is 32.1. The summed E-state index contributed by atoms with van der Waals surface area (Å²) < 4.78 is 5.21. The van der Waals surface area contributed by atoms with Gasteiger partial charge < -0.3 is 10.1 Å². The van der Waals surface area contributed by atoms with Crippen molar-refractivity contribution in [1.82, 2.24) is 9.97 Å². The fraction of sp³-hybridized carbons (Fsp3) is 0.136. The van der Waals surface area contributed by atoms with Crippen molar-refractivity contribution in [3.8, 4) is 11.4 Å². The van der Waals surface area contributed by atoms with Crippen LogP contribution in [0.3, 0.4) is 0 Å². The van der Waals surface area contributed by atoms with Gasteiger partial charge in [-0.15, -0.1) is 11.3 Å². The molecule has 0 aliphatic carbocycles. The van der Waals surface area contributed by atoms with Gasteiger partial charge in [0.2, 0.25) is 0 Å². The van der Waals surface area contributed by atoms with Crippen molar-refractivity contribution in [3.63, 3.8) is 0 Å². The van der Waals surface area contributed by atoms with Crippen molar-refractivity contribution < 1.29 is 9.53 Å². The molecule has 28 heavy (non-hydrogen) atoms. The number of esters is 1. The molecule has 4 aromatic rings. The van der Waals surface area contributed by atoms with E-state index in [1.807, 2.05) is 67.6 Å². The first kappa shape index (κ1) is 18.1. The number of carbonyl (C=O) groups excluding carboxylic acids is 1. The van der Waals surface area contributed by atoms with Gasteiger partial charge in [0.25, 0.3) is 0 Å². The van der Waals surface area contributed by atoms with Crippen molar-refractivity contribution in [2.24, 2.45) is 0 Å². The maximum absolute atomic E-state index is 12.4. The highest BCUT2D eigenvalue weighted by Crippen LogP contribution is 2.37. The topological polar surface area (TPSA) is 64.1 Å². The number of aryl methyl sites for hydroxylation is 1. The number of hydrogen-bond donors (Lipinski definition) is 1.